The molecule has 1 aliphatic rings. The third kappa shape index (κ3) is 3.68. The van der Waals surface area contributed by atoms with Crippen LogP contribution in [0, 0.1) is 13.8 Å². The van der Waals surface area contributed by atoms with Crippen LogP contribution in [0.5, 0.6) is 0 Å². The lowest BCUT2D eigenvalue weighted by Gasteiger charge is -2.35. The van der Waals surface area contributed by atoms with Crippen molar-refractivity contribution in [3.63, 3.8) is 0 Å². The molecule has 1 aliphatic heterocycles. The summed E-state index contributed by atoms with van der Waals surface area (Å²) in [6, 6.07) is 7.80. The first-order chi connectivity index (χ1) is 15.0. The van der Waals surface area contributed by atoms with Crippen molar-refractivity contribution >= 4 is 22.1 Å². The first-order valence-corrected chi connectivity index (χ1v) is 10.5. The monoisotopic (exact) mass is 419 g/mol. The molecule has 0 unspecified atom stereocenters. The molecule has 1 fully saturated rings. The number of piperazine rings is 1. The molecule has 1 aromatic carbocycles. The Morgan fingerprint density at radius 2 is 1.87 bits per heavy atom. The minimum Gasteiger partial charge on any atom is -0.421 e. The predicted octanol–water partition coefficient (Wildman–Crippen LogP) is 2.23. The van der Waals surface area contributed by atoms with E-state index in [1.165, 1.54) is 0 Å². The Morgan fingerprint density at radius 3 is 2.65 bits per heavy atom. The lowest BCUT2D eigenvalue weighted by Crippen LogP contribution is -2.47. The molecule has 5 rings (SSSR count). The second-order valence-corrected chi connectivity index (χ2v) is 8.05. The number of aryl methyl sites for hydroxylation is 2. The van der Waals surface area contributed by atoms with E-state index in [1.807, 2.05) is 54.9 Å². The third-order valence-corrected chi connectivity index (χ3v) is 5.88. The fourth-order valence-corrected chi connectivity index (χ4v) is 4.29. The number of aliphatic hydroxyl groups excluding tert-OH is 1. The van der Waals surface area contributed by atoms with Gasteiger partial charge in [0.05, 0.1) is 23.4 Å². The fourth-order valence-electron chi connectivity index (χ4n) is 4.29. The van der Waals surface area contributed by atoms with E-state index in [9.17, 15) is 4.79 Å². The molecule has 31 heavy (non-hydrogen) atoms. The molecule has 0 spiro atoms. The second kappa shape index (κ2) is 7.79. The SMILES string of the molecule is Cc1cn2cc(-c3cc4ccc(N5CCN(CCO)CC5)cc4c(=O)o3)nc2c(C)n1. The van der Waals surface area contributed by atoms with Gasteiger partial charge in [0.25, 0.3) is 0 Å². The van der Waals surface area contributed by atoms with Crippen LogP contribution in [0.2, 0.25) is 0 Å². The van der Waals surface area contributed by atoms with Gasteiger partial charge in [0.2, 0.25) is 0 Å². The van der Waals surface area contributed by atoms with Crippen LogP contribution >= 0.6 is 0 Å². The molecule has 0 aliphatic carbocycles. The third-order valence-electron chi connectivity index (χ3n) is 5.88. The van der Waals surface area contributed by atoms with Crippen molar-refractivity contribution in [2.24, 2.45) is 0 Å². The Bertz CT molecular complexity index is 1320. The van der Waals surface area contributed by atoms with Crippen LogP contribution in [0.4, 0.5) is 5.69 Å². The molecule has 0 amide bonds. The van der Waals surface area contributed by atoms with Crippen LogP contribution in [0.25, 0.3) is 27.9 Å². The first kappa shape index (κ1) is 19.7. The summed E-state index contributed by atoms with van der Waals surface area (Å²) < 4.78 is 7.57. The molecule has 0 atom stereocenters. The molecule has 0 bridgehead atoms. The zero-order chi connectivity index (χ0) is 21.5. The van der Waals surface area contributed by atoms with Crippen molar-refractivity contribution in [3.05, 3.63) is 58.5 Å². The largest absolute Gasteiger partial charge is 0.421 e. The Kier molecular flexibility index (Phi) is 4.95. The molecule has 0 saturated carbocycles. The number of benzene rings is 1. The summed E-state index contributed by atoms with van der Waals surface area (Å²) in [5, 5.41) is 10.5. The van der Waals surface area contributed by atoms with Gasteiger partial charge in [0.15, 0.2) is 11.4 Å². The van der Waals surface area contributed by atoms with Gasteiger partial charge in [-0.1, -0.05) is 6.07 Å². The molecular formula is C23H25N5O3. The van der Waals surface area contributed by atoms with E-state index < -0.39 is 0 Å². The summed E-state index contributed by atoms with van der Waals surface area (Å²) >= 11 is 0. The number of nitrogens with zero attached hydrogens (tertiary/aromatic N) is 5. The standard InChI is InChI=1S/C23H25N5O3/c1-15-13-28-14-20(25-22(28)16(2)24-15)21-11-17-3-4-18(12-19(17)23(30)31-21)27-7-5-26(6-8-27)9-10-29/h3-4,11-14,29H,5-10H2,1-2H3. The number of imidazole rings is 1. The molecule has 4 heterocycles. The summed E-state index contributed by atoms with van der Waals surface area (Å²) in [5.41, 5.74) is 3.74. The van der Waals surface area contributed by atoms with Gasteiger partial charge in [-0.05, 0) is 37.4 Å². The molecule has 8 heteroatoms. The number of β-amino-alcohol motifs (C(OH)–C–C–N with tert-alkyl or cyclic N) is 1. The smallest absolute Gasteiger partial charge is 0.344 e. The van der Waals surface area contributed by atoms with Crippen LogP contribution < -0.4 is 10.5 Å². The Labute approximate surface area is 179 Å². The van der Waals surface area contributed by atoms with E-state index in [1.54, 1.807) is 0 Å². The molecular weight excluding hydrogens is 394 g/mol. The van der Waals surface area contributed by atoms with Crippen LogP contribution in [0.3, 0.4) is 0 Å². The maximum atomic E-state index is 12.8. The molecule has 4 aromatic rings. The summed E-state index contributed by atoms with van der Waals surface area (Å²) in [5.74, 6) is 0.448. The summed E-state index contributed by atoms with van der Waals surface area (Å²) in [6.45, 7) is 8.26. The molecule has 3 aromatic heterocycles. The van der Waals surface area contributed by atoms with E-state index in [2.05, 4.69) is 19.8 Å². The lowest BCUT2D eigenvalue weighted by atomic mass is 10.1. The normalized spacial score (nSPS) is 15.3. The number of hydrogen-bond acceptors (Lipinski definition) is 7. The van der Waals surface area contributed by atoms with Crippen molar-refractivity contribution in [1.29, 1.82) is 0 Å². The maximum Gasteiger partial charge on any atom is 0.344 e. The van der Waals surface area contributed by atoms with Crippen LogP contribution in [-0.2, 0) is 0 Å². The number of fused-ring (bicyclic) bond motifs is 2. The zero-order valence-electron chi connectivity index (χ0n) is 17.7. The van der Waals surface area contributed by atoms with E-state index in [4.69, 9.17) is 9.52 Å². The summed E-state index contributed by atoms with van der Waals surface area (Å²) in [4.78, 5) is 26.4. The van der Waals surface area contributed by atoms with Gasteiger partial charge >= 0.3 is 5.63 Å². The second-order valence-electron chi connectivity index (χ2n) is 8.05. The van der Waals surface area contributed by atoms with E-state index in [0.29, 0.717) is 23.4 Å². The van der Waals surface area contributed by atoms with Gasteiger partial charge in [-0.15, -0.1) is 0 Å². The minimum absolute atomic E-state index is 0.182. The van der Waals surface area contributed by atoms with Crippen molar-refractivity contribution in [3.8, 4) is 11.5 Å². The fraction of sp³-hybridized carbons (Fsp3) is 0.348. The van der Waals surface area contributed by atoms with Crippen LogP contribution in [0.1, 0.15) is 11.4 Å². The van der Waals surface area contributed by atoms with Gasteiger partial charge in [-0.2, -0.15) is 0 Å². The average Bonchev–Trinajstić information content (AvgIpc) is 3.19. The van der Waals surface area contributed by atoms with Gasteiger partial charge in [-0.3, -0.25) is 9.88 Å². The van der Waals surface area contributed by atoms with Gasteiger partial charge in [0, 0.05) is 50.8 Å². The topological polar surface area (TPSA) is 87.1 Å². The quantitative estimate of drug-likeness (QED) is 0.543. The lowest BCUT2D eigenvalue weighted by molar-refractivity contribution is 0.189. The Morgan fingerprint density at radius 1 is 1.06 bits per heavy atom. The zero-order valence-corrected chi connectivity index (χ0v) is 17.7. The van der Waals surface area contributed by atoms with Crippen molar-refractivity contribution in [2.75, 3.05) is 44.2 Å². The van der Waals surface area contributed by atoms with Crippen LogP contribution in [-0.4, -0.2) is 63.7 Å². The molecule has 1 N–H and O–H groups in total. The predicted molar refractivity (Wildman–Crippen MR) is 120 cm³/mol. The maximum absolute atomic E-state index is 12.8. The number of hydrogen-bond donors (Lipinski definition) is 1. The number of rotatable bonds is 4. The molecule has 8 nitrogen and oxygen atoms in total. The first-order valence-electron chi connectivity index (χ1n) is 10.5. The highest BCUT2D eigenvalue weighted by Gasteiger charge is 2.18. The van der Waals surface area contributed by atoms with Crippen molar-refractivity contribution < 1.29 is 9.52 Å². The van der Waals surface area contributed by atoms with Crippen molar-refractivity contribution in [1.82, 2.24) is 19.3 Å². The minimum atomic E-state index is -0.364. The van der Waals surface area contributed by atoms with Gasteiger partial charge < -0.3 is 18.8 Å². The van der Waals surface area contributed by atoms with E-state index in [0.717, 1.165) is 54.3 Å². The molecule has 1 saturated heterocycles. The highest BCUT2D eigenvalue weighted by Crippen LogP contribution is 2.26. The Balaban J connectivity index is 1.48. The highest BCUT2D eigenvalue weighted by atomic mass is 16.4. The molecule has 0 radical (unpaired) electrons. The number of aliphatic hydroxyl groups is 1. The summed E-state index contributed by atoms with van der Waals surface area (Å²) in [6.07, 6.45) is 3.77. The van der Waals surface area contributed by atoms with Crippen LogP contribution in [0.15, 0.2) is 45.9 Å². The van der Waals surface area contributed by atoms with Crippen molar-refractivity contribution in [2.45, 2.75) is 13.8 Å². The van der Waals surface area contributed by atoms with E-state index >= 15 is 0 Å². The van der Waals surface area contributed by atoms with E-state index in [-0.39, 0.29) is 12.2 Å². The average molecular weight is 419 g/mol. The molecule has 160 valence electrons. The van der Waals surface area contributed by atoms with Gasteiger partial charge in [-0.25, -0.2) is 9.78 Å². The Hall–Kier alpha value is -3.23. The van der Waals surface area contributed by atoms with Gasteiger partial charge in [0.1, 0.15) is 5.69 Å². The number of anilines is 1. The number of aromatic nitrogens is 3. The summed E-state index contributed by atoms with van der Waals surface area (Å²) in [7, 11) is 0. The highest BCUT2D eigenvalue weighted by molar-refractivity contribution is 5.87.